The van der Waals surface area contributed by atoms with Crippen LogP contribution in [-0.4, -0.2) is 15.3 Å². The standard InChI is InChI=1S/C32H30O4/c1-32(2,3)26-14-8-11-22(30(26)34)18-36-19-23-17-21-10-5-7-13-25(21)29(31(23)35)28-24-12-6-4-9-20(24)15-16-27(28)33/h4-17,33-35H,18-19H2,1-3H3. The van der Waals surface area contributed by atoms with E-state index in [1.54, 1.807) is 6.07 Å². The summed E-state index contributed by atoms with van der Waals surface area (Å²) in [6.45, 7) is 6.53. The van der Waals surface area contributed by atoms with Crippen molar-refractivity contribution in [3.05, 3.63) is 102 Å². The molecule has 5 rings (SSSR count). The van der Waals surface area contributed by atoms with Crippen molar-refractivity contribution in [3.63, 3.8) is 0 Å². The quantitative estimate of drug-likeness (QED) is 0.241. The summed E-state index contributed by atoms with van der Waals surface area (Å²) in [6, 6.07) is 26.8. The van der Waals surface area contributed by atoms with Gasteiger partial charge in [0.25, 0.3) is 0 Å². The molecular weight excluding hydrogens is 448 g/mol. The van der Waals surface area contributed by atoms with Crippen molar-refractivity contribution in [2.75, 3.05) is 0 Å². The van der Waals surface area contributed by atoms with E-state index in [0.29, 0.717) is 22.3 Å². The van der Waals surface area contributed by atoms with Crippen LogP contribution in [0.3, 0.4) is 0 Å². The number of aromatic hydroxyl groups is 3. The second-order valence-electron chi connectivity index (χ2n) is 10.2. The summed E-state index contributed by atoms with van der Waals surface area (Å²) >= 11 is 0. The Morgan fingerprint density at radius 1 is 0.611 bits per heavy atom. The van der Waals surface area contributed by atoms with Gasteiger partial charge in [-0.3, -0.25) is 0 Å². The molecule has 5 aromatic carbocycles. The highest BCUT2D eigenvalue weighted by atomic mass is 16.5. The first-order valence-electron chi connectivity index (χ1n) is 12.1. The normalized spacial score (nSPS) is 11.9. The molecule has 0 bridgehead atoms. The number of ether oxygens (including phenoxy) is 1. The van der Waals surface area contributed by atoms with Gasteiger partial charge < -0.3 is 20.1 Å². The Kier molecular flexibility index (Phi) is 6.07. The Morgan fingerprint density at radius 2 is 1.25 bits per heavy atom. The van der Waals surface area contributed by atoms with Crippen LogP contribution in [0, 0.1) is 0 Å². The Hall–Kier alpha value is -4.02. The lowest BCUT2D eigenvalue weighted by molar-refractivity contribution is 0.104. The molecule has 0 amide bonds. The molecule has 0 aliphatic heterocycles. The van der Waals surface area contributed by atoms with Crippen molar-refractivity contribution in [1.29, 1.82) is 0 Å². The van der Waals surface area contributed by atoms with Crippen LogP contribution in [0.4, 0.5) is 0 Å². The second-order valence-corrected chi connectivity index (χ2v) is 10.2. The van der Waals surface area contributed by atoms with Crippen LogP contribution < -0.4 is 0 Å². The molecule has 4 nitrogen and oxygen atoms in total. The summed E-state index contributed by atoms with van der Waals surface area (Å²) in [6.07, 6.45) is 0. The average molecular weight is 479 g/mol. The van der Waals surface area contributed by atoms with Gasteiger partial charge in [-0.15, -0.1) is 0 Å². The monoisotopic (exact) mass is 478 g/mol. The van der Waals surface area contributed by atoms with Crippen LogP contribution in [0.2, 0.25) is 0 Å². The van der Waals surface area contributed by atoms with E-state index in [1.807, 2.05) is 78.9 Å². The van der Waals surface area contributed by atoms with E-state index in [2.05, 4.69) is 20.8 Å². The van der Waals surface area contributed by atoms with E-state index in [4.69, 9.17) is 4.74 Å². The van der Waals surface area contributed by atoms with Crippen LogP contribution in [0.5, 0.6) is 17.2 Å². The minimum Gasteiger partial charge on any atom is -0.507 e. The lowest BCUT2D eigenvalue weighted by Crippen LogP contribution is -2.12. The maximum atomic E-state index is 11.5. The van der Waals surface area contributed by atoms with Gasteiger partial charge in [-0.1, -0.05) is 93.6 Å². The van der Waals surface area contributed by atoms with Crippen LogP contribution in [0.1, 0.15) is 37.5 Å². The summed E-state index contributed by atoms with van der Waals surface area (Å²) in [5.41, 5.74) is 3.17. The highest BCUT2D eigenvalue weighted by Gasteiger charge is 2.21. The molecule has 0 aliphatic carbocycles. The molecule has 0 spiro atoms. The number of phenols is 3. The van der Waals surface area contributed by atoms with Gasteiger partial charge in [0, 0.05) is 22.3 Å². The maximum absolute atomic E-state index is 11.5. The van der Waals surface area contributed by atoms with Crippen molar-refractivity contribution in [1.82, 2.24) is 0 Å². The van der Waals surface area contributed by atoms with Crippen molar-refractivity contribution < 1.29 is 20.1 Å². The third-order valence-corrected chi connectivity index (χ3v) is 6.70. The van der Waals surface area contributed by atoms with Crippen LogP contribution in [-0.2, 0) is 23.4 Å². The molecular formula is C32H30O4. The van der Waals surface area contributed by atoms with E-state index in [-0.39, 0.29) is 35.9 Å². The minimum atomic E-state index is -0.188. The average Bonchev–Trinajstić information content (AvgIpc) is 2.85. The Morgan fingerprint density at radius 3 is 1.97 bits per heavy atom. The number of fused-ring (bicyclic) bond motifs is 2. The number of phenolic OH excluding ortho intramolecular Hbond substituents is 3. The fraction of sp³-hybridized carbons (Fsp3) is 0.188. The molecule has 0 aliphatic rings. The van der Waals surface area contributed by atoms with Gasteiger partial charge in [0.2, 0.25) is 0 Å². The van der Waals surface area contributed by atoms with Crippen molar-refractivity contribution in [2.24, 2.45) is 0 Å². The van der Waals surface area contributed by atoms with Crippen molar-refractivity contribution in [3.8, 4) is 28.4 Å². The smallest absolute Gasteiger partial charge is 0.129 e. The zero-order chi connectivity index (χ0) is 25.4. The van der Waals surface area contributed by atoms with E-state index < -0.39 is 0 Å². The van der Waals surface area contributed by atoms with Gasteiger partial charge >= 0.3 is 0 Å². The summed E-state index contributed by atoms with van der Waals surface area (Å²) < 4.78 is 6.01. The molecule has 0 saturated heterocycles. The molecule has 36 heavy (non-hydrogen) atoms. The minimum absolute atomic E-state index is 0.0769. The van der Waals surface area contributed by atoms with E-state index >= 15 is 0 Å². The third-order valence-electron chi connectivity index (χ3n) is 6.70. The molecule has 0 unspecified atom stereocenters. The Labute approximate surface area is 211 Å². The molecule has 5 aromatic rings. The molecule has 0 fully saturated rings. The number of para-hydroxylation sites is 1. The van der Waals surface area contributed by atoms with E-state index in [0.717, 1.165) is 27.1 Å². The second kappa shape index (κ2) is 9.21. The number of hydrogen-bond acceptors (Lipinski definition) is 4. The molecule has 3 N–H and O–H groups in total. The molecule has 0 radical (unpaired) electrons. The lowest BCUT2D eigenvalue weighted by atomic mass is 9.85. The topological polar surface area (TPSA) is 69.9 Å². The lowest BCUT2D eigenvalue weighted by Gasteiger charge is -2.22. The fourth-order valence-corrected chi connectivity index (χ4v) is 4.86. The van der Waals surface area contributed by atoms with Gasteiger partial charge in [-0.25, -0.2) is 0 Å². The third kappa shape index (κ3) is 4.25. The molecule has 0 heterocycles. The number of benzene rings is 5. The van der Waals surface area contributed by atoms with Gasteiger partial charge in [0.15, 0.2) is 0 Å². The predicted octanol–water partition coefficient (Wildman–Crippen LogP) is 7.79. The highest BCUT2D eigenvalue weighted by Crippen LogP contribution is 2.46. The first kappa shape index (κ1) is 23.7. The number of rotatable bonds is 5. The first-order valence-corrected chi connectivity index (χ1v) is 12.1. The largest absolute Gasteiger partial charge is 0.507 e. The highest BCUT2D eigenvalue weighted by molar-refractivity contribution is 6.10. The zero-order valence-electron chi connectivity index (χ0n) is 20.7. The molecule has 182 valence electrons. The van der Waals surface area contributed by atoms with E-state index in [1.165, 1.54) is 0 Å². The molecule has 0 saturated carbocycles. The molecule has 4 heteroatoms. The fourth-order valence-electron chi connectivity index (χ4n) is 4.86. The zero-order valence-corrected chi connectivity index (χ0v) is 20.7. The Balaban J connectivity index is 1.56. The summed E-state index contributed by atoms with van der Waals surface area (Å²) in [5, 5.41) is 36.8. The maximum Gasteiger partial charge on any atom is 0.129 e. The number of hydrogen-bond donors (Lipinski definition) is 3. The van der Waals surface area contributed by atoms with Crippen LogP contribution >= 0.6 is 0 Å². The summed E-state index contributed by atoms with van der Waals surface area (Å²) in [5.74, 6) is 0.429. The van der Waals surface area contributed by atoms with Crippen LogP contribution in [0.25, 0.3) is 32.7 Å². The summed E-state index contributed by atoms with van der Waals surface area (Å²) in [7, 11) is 0. The van der Waals surface area contributed by atoms with Gasteiger partial charge in [0.1, 0.15) is 17.2 Å². The molecule has 0 aromatic heterocycles. The van der Waals surface area contributed by atoms with Gasteiger partial charge in [-0.2, -0.15) is 0 Å². The van der Waals surface area contributed by atoms with Gasteiger partial charge in [-0.05, 0) is 44.7 Å². The summed E-state index contributed by atoms with van der Waals surface area (Å²) in [4.78, 5) is 0. The SMILES string of the molecule is CC(C)(C)c1cccc(COCc2cc3ccccc3c(-c3c(O)ccc4ccccc34)c2O)c1O. The van der Waals surface area contributed by atoms with Gasteiger partial charge in [0.05, 0.1) is 13.2 Å². The Bertz CT molecular complexity index is 1580. The van der Waals surface area contributed by atoms with E-state index in [9.17, 15) is 15.3 Å². The van der Waals surface area contributed by atoms with Crippen LogP contribution in [0.15, 0.2) is 84.9 Å². The van der Waals surface area contributed by atoms with Crippen molar-refractivity contribution in [2.45, 2.75) is 39.4 Å². The molecule has 0 atom stereocenters. The predicted molar refractivity (Wildman–Crippen MR) is 146 cm³/mol. The van der Waals surface area contributed by atoms with Crippen molar-refractivity contribution >= 4 is 21.5 Å². The first-order chi connectivity index (χ1) is 17.3.